The van der Waals surface area contributed by atoms with E-state index in [9.17, 15) is 4.79 Å². The molecule has 0 unspecified atom stereocenters. The van der Waals surface area contributed by atoms with Crippen molar-refractivity contribution in [1.82, 2.24) is 10.4 Å². The van der Waals surface area contributed by atoms with Crippen LogP contribution >= 0.6 is 27.5 Å². The zero-order chi connectivity index (χ0) is 15.5. The highest BCUT2D eigenvalue weighted by atomic mass is 79.9. The van der Waals surface area contributed by atoms with Crippen molar-refractivity contribution >= 4 is 39.7 Å². The summed E-state index contributed by atoms with van der Waals surface area (Å²) in [5.74, 6) is 0.807. The molecule has 22 heavy (non-hydrogen) atoms. The quantitative estimate of drug-likeness (QED) is 0.654. The highest BCUT2D eigenvalue weighted by Gasteiger charge is 2.15. The topological polar surface area (TPSA) is 72.8 Å². The number of hydrazone groups is 1. The van der Waals surface area contributed by atoms with E-state index in [1.807, 2.05) is 0 Å². The SMILES string of the molecule is O=C(N/N=C\c1cc2c(cc1Cl)OCO2)c1cncc(Br)c1. The lowest BCUT2D eigenvalue weighted by Crippen LogP contribution is -2.17. The maximum Gasteiger partial charge on any atom is 0.272 e. The molecule has 0 aliphatic carbocycles. The van der Waals surface area contributed by atoms with Gasteiger partial charge in [0.2, 0.25) is 6.79 Å². The molecule has 1 aromatic carbocycles. The number of hydrogen-bond donors (Lipinski definition) is 1. The number of fused-ring (bicyclic) bond motifs is 1. The molecule has 1 aromatic heterocycles. The van der Waals surface area contributed by atoms with Crippen LogP contribution in [0, 0.1) is 0 Å². The Labute approximate surface area is 139 Å². The van der Waals surface area contributed by atoms with Crippen molar-refractivity contribution in [3.05, 3.63) is 51.2 Å². The van der Waals surface area contributed by atoms with Crippen molar-refractivity contribution < 1.29 is 14.3 Å². The second-order valence-electron chi connectivity index (χ2n) is 4.32. The van der Waals surface area contributed by atoms with E-state index in [0.29, 0.717) is 32.1 Å². The minimum Gasteiger partial charge on any atom is -0.454 e. The molecule has 1 aliphatic rings. The van der Waals surface area contributed by atoms with Gasteiger partial charge in [0.25, 0.3) is 5.91 Å². The van der Waals surface area contributed by atoms with Crippen molar-refractivity contribution in [2.24, 2.45) is 5.10 Å². The van der Waals surface area contributed by atoms with Crippen LogP contribution < -0.4 is 14.9 Å². The molecule has 3 rings (SSSR count). The largest absolute Gasteiger partial charge is 0.454 e. The van der Waals surface area contributed by atoms with Gasteiger partial charge in [-0.05, 0) is 28.1 Å². The predicted octanol–water partition coefficient (Wildman–Crippen LogP) is 2.99. The van der Waals surface area contributed by atoms with Gasteiger partial charge >= 0.3 is 0 Å². The van der Waals surface area contributed by atoms with Gasteiger partial charge in [0.15, 0.2) is 11.5 Å². The van der Waals surface area contributed by atoms with Crippen LogP contribution in [0.5, 0.6) is 11.5 Å². The number of halogens is 2. The van der Waals surface area contributed by atoms with E-state index in [0.717, 1.165) is 0 Å². The summed E-state index contributed by atoms with van der Waals surface area (Å²) in [6.07, 6.45) is 4.48. The number of ether oxygens (including phenoxy) is 2. The molecule has 1 N–H and O–H groups in total. The number of benzene rings is 1. The highest BCUT2D eigenvalue weighted by Crippen LogP contribution is 2.36. The molecule has 1 aliphatic heterocycles. The average Bonchev–Trinajstić information content (AvgIpc) is 2.94. The van der Waals surface area contributed by atoms with E-state index in [-0.39, 0.29) is 12.7 Å². The third-order valence-corrected chi connectivity index (χ3v) is 3.59. The summed E-state index contributed by atoms with van der Waals surface area (Å²) in [6.45, 7) is 0.166. The summed E-state index contributed by atoms with van der Waals surface area (Å²) in [6, 6.07) is 4.98. The number of pyridine rings is 1. The number of nitrogens with zero attached hydrogens (tertiary/aromatic N) is 2. The van der Waals surface area contributed by atoms with E-state index >= 15 is 0 Å². The summed E-state index contributed by atoms with van der Waals surface area (Å²) >= 11 is 9.35. The molecule has 6 nitrogen and oxygen atoms in total. The van der Waals surface area contributed by atoms with Crippen LogP contribution in [0.1, 0.15) is 15.9 Å². The minimum absolute atomic E-state index is 0.166. The zero-order valence-corrected chi connectivity index (χ0v) is 13.4. The molecule has 0 fully saturated rings. The Morgan fingerprint density at radius 3 is 2.86 bits per heavy atom. The number of aromatic nitrogens is 1. The number of hydrogen-bond acceptors (Lipinski definition) is 5. The van der Waals surface area contributed by atoms with Crippen LogP contribution in [0.2, 0.25) is 5.02 Å². The van der Waals surface area contributed by atoms with Crippen molar-refractivity contribution in [2.45, 2.75) is 0 Å². The molecule has 2 heterocycles. The molecule has 0 spiro atoms. The first-order valence-corrected chi connectivity index (χ1v) is 7.33. The van der Waals surface area contributed by atoms with E-state index in [4.69, 9.17) is 21.1 Å². The summed E-state index contributed by atoms with van der Waals surface area (Å²) in [7, 11) is 0. The summed E-state index contributed by atoms with van der Waals surface area (Å²) in [5.41, 5.74) is 3.41. The third-order valence-electron chi connectivity index (χ3n) is 2.83. The predicted molar refractivity (Wildman–Crippen MR) is 84.6 cm³/mol. The van der Waals surface area contributed by atoms with Gasteiger partial charge in [-0.3, -0.25) is 9.78 Å². The van der Waals surface area contributed by atoms with Crippen LogP contribution in [-0.2, 0) is 0 Å². The first-order chi connectivity index (χ1) is 10.6. The van der Waals surface area contributed by atoms with Gasteiger partial charge in [0.05, 0.1) is 16.8 Å². The molecule has 0 saturated heterocycles. The summed E-state index contributed by atoms with van der Waals surface area (Å²) < 4.78 is 11.2. The average molecular weight is 383 g/mol. The van der Waals surface area contributed by atoms with E-state index < -0.39 is 0 Å². The van der Waals surface area contributed by atoms with Crippen molar-refractivity contribution in [1.29, 1.82) is 0 Å². The Morgan fingerprint density at radius 2 is 2.09 bits per heavy atom. The fourth-order valence-electron chi connectivity index (χ4n) is 1.79. The number of carbonyl (C=O) groups excluding carboxylic acids is 1. The molecule has 0 radical (unpaired) electrons. The van der Waals surface area contributed by atoms with E-state index in [1.54, 1.807) is 24.4 Å². The van der Waals surface area contributed by atoms with Gasteiger partial charge in [0.1, 0.15) is 0 Å². The molecule has 112 valence electrons. The van der Waals surface area contributed by atoms with Crippen LogP contribution in [0.4, 0.5) is 0 Å². The van der Waals surface area contributed by atoms with Crippen molar-refractivity contribution in [3.8, 4) is 11.5 Å². The highest BCUT2D eigenvalue weighted by molar-refractivity contribution is 9.10. The van der Waals surface area contributed by atoms with Gasteiger partial charge in [0, 0.05) is 28.5 Å². The Bertz CT molecular complexity index is 767. The van der Waals surface area contributed by atoms with Gasteiger partial charge in [-0.15, -0.1) is 0 Å². The molecule has 2 aromatic rings. The first kappa shape index (κ1) is 14.8. The Kier molecular flexibility index (Phi) is 4.26. The van der Waals surface area contributed by atoms with Gasteiger partial charge in [-0.1, -0.05) is 11.6 Å². The fourth-order valence-corrected chi connectivity index (χ4v) is 2.36. The Morgan fingerprint density at radius 1 is 1.32 bits per heavy atom. The Balaban J connectivity index is 1.71. The standard InChI is InChI=1S/C14H9BrClN3O3/c15-10-1-9(4-17-6-10)14(20)19-18-5-8-2-12-13(3-11(8)16)22-7-21-12/h1-6H,7H2,(H,19,20)/b18-5-. The number of rotatable bonds is 3. The van der Waals surface area contributed by atoms with Gasteiger partial charge < -0.3 is 9.47 Å². The van der Waals surface area contributed by atoms with E-state index in [2.05, 4.69) is 31.4 Å². The molecular weight excluding hydrogens is 374 g/mol. The molecular formula is C14H9BrClN3O3. The zero-order valence-electron chi connectivity index (χ0n) is 11.0. The third kappa shape index (κ3) is 3.20. The number of carbonyl (C=O) groups is 1. The normalized spacial score (nSPS) is 12.6. The lowest BCUT2D eigenvalue weighted by molar-refractivity contribution is 0.0954. The van der Waals surface area contributed by atoms with Gasteiger partial charge in [-0.25, -0.2) is 5.43 Å². The second kappa shape index (κ2) is 6.33. The number of amides is 1. The molecule has 0 bridgehead atoms. The van der Waals surface area contributed by atoms with Crippen LogP contribution in [0.3, 0.4) is 0 Å². The molecule has 0 saturated carbocycles. The van der Waals surface area contributed by atoms with Crippen molar-refractivity contribution in [3.63, 3.8) is 0 Å². The lowest BCUT2D eigenvalue weighted by Gasteiger charge is -2.02. The first-order valence-electron chi connectivity index (χ1n) is 6.16. The maximum absolute atomic E-state index is 11.9. The molecule has 0 atom stereocenters. The summed E-state index contributed by atoms with van der Waals surface area (Å²) in [4.78, 5) is 15.8. The van der Waals surface area contributed by atoms with Crippen LogP contribution in [0.25, 0.3) is 0 Å². The molecule has 1 amide bonds. The Hall–Kier alpha value is -2.12. The van der Waals surface area contributed by atoms with E-state index in [1.165, 1.54) is 12.4 Å². The van der Waals surface area contributed by atoms with Crippen LogP contribution in [-0.4, -0.2) is 23.9 Å². The van der Waals surface area contributed by atoms with Gasteiger partial charge in [-0.2, -0.15) is 5.10 Å². The van der Waals surface area contributed by atoms with Crippen LogP contribution in [0.15, 0.2) is 40.2 Å². The minimum atomic E-state index is -0.373. The second-order valence-corrected chi connectivity index (χ2v) is 5.64. The number of nitrogens with one attached hydrogen (secondary N) is 1. The summed E-state index contributed by atoms with van der Waals surface area (Å²) in [5, 5.41) is 4.34. The molecule has 8 heteroatoms. The lowest BCUT2D eigenvalue weighted by atomic mass is 10.2. The smallest absolute Gasteiger partial charge is 0.272 e. The monoisotopic (exact) mass is 381 g/mol. The fraction of sp³-hybridized carbons (Fsp3) is 0.0714. The van der Waals surface area contributed by atoms with Crippen molar-refractivity contribution in [2.75, 3.05) is 6.79 Å². The maximum atomic E-state index is 11.9.